The molecule has 1 saturated carbocycles. The van der Waals surface area contributed by atoms with Gasteiger partial charge in [-0.1, -0.05) is 12.8 Å². The molecule has 2 atom stereocenters. The second kappa shape index (κ2) is 7.03. The van der Waals surface area contributed by atoms with Crippen molar-refractivity contribution in [2.24, 2.45) is 5.92 Å². The van der Waals surface area contributed by atoms with Crippen LogP contribution in [0.5, 0.6) is 0 Å². The molecule has 1 aliphatic heterocycles. The Morgan fingerprint density at radius 2 is 2.04 bits per heavy atom. The first-order valence-corrected chi connectivity index (χ1v) is 8.56. The predicted octanol–water partition coefficient (Wildman–Crippen LogP) is 3.42. The first-order chi connectivity index (χ1) is 11.4. The highest BCUT2D eigenvalue weighted by Crippen LogP contribution is 2.36. The Morgan fingerprint density at radius 1 is 1.29 bits per heavy atom. The lowest BCUT2D eigenvalue weighted by atomic mass is 9.95. The van der Waals surface area contributed by atoms with E-state index in [9.17, 15) is 18.0 Å². The van der Waals surface area contributed by atoms with Gasteiger partial charge in [0.15, 0.2) is 0 Å². The van der Waals surface area contributed by atoms with E-state index in [0.717, 1.165) is 31.4 Å². The highest BCUT2D eigenvalue weighted by molar-refractivity contribution is 5.75. The fourth-order valence-electron chi connectivity index (χ4n) is 3.89. The topological polar surface area (TPSA) is 61.0 Å². The van der Waals surface area contributed by atoms with Crippen molar-refractivity contribution in [2.75, 3.05) is 13.1 Å². The summed E-state index contributed by atoms with van der Waals surface area (Å²) in [6.45, 7) is 0.912. The number of nitrogens with zero attached hydrogens (tertiary/aromatic N) is 2. The van der Waals surface area contributed by atoms with E-state index in [0.29, 0.717) is 25.9 Å². The van der Waals surface area contributed by atoms with Gasteiger partial charge in [0.1, 0.15) is 6.04 Å². The molecule has 0 spiro atoms. The van der Waals surface area contributed by atoms with Gasteiger partial charge >= 0.3 is 12.2 Å². The van der Waals surface area contributed by atoms with Gasteiger partial charge in [0.05, 0.1) is 0 Å². The predicted molar refractivity (Wildman–Crippen MR) is 82.5 cm³/mol. The number of aromatic nitrogens is 2. The lowest BCUT2D eigenvalue weighted by molar-refractivity contribution is -0.165. The molecule has 1 aliphatic carbocycles. The molecule has 2 aliphatic rings. The molecular formula is C16H23F3N4O. The van der Waals surface area contributed by atoms with E-state index in [2.05, 4.69) is 15.5 Å². The molecule has 0 aromatic carbocycles. The molecule has 1 aromatic rings. The third-order valence-electron chi connectivity index (χ3n) is 5.17. The van der Waals surface area contributed by atoms with Gasteiger partial charge in [-0.2, -0.15) is 18.3 Å². The van der Waals surface area contributed by atoms with Gasteiger partial charge in [-0.3, -0.25) is 5.10 Å². The van der Waals surface area contributed by atoms with Crippen molar-refractivity contribution in [3.8, 4) is 0 Å². The Hall–Kier alpha value is -1.73. The highest BCUT2D eigenvalue weighted by Gasteiger charge is 2.46. The monoisotopic (exact) mass is 344 g/mol. The number of halogens is 3. The molecule has 0 unspecified atom stereocenters. The van der Waals surface area contributed by atoms with Crippen molar-refractivity contribution < 1.29 is 18.0 Å². The number of carbonyl (C=O) groups excluding carboxylic acids is 1. The number of H-pyrrole nitrogens is 1. The van der Waals surface area contributed by atoms with Gasteiger partial charge < -0.3 is 10.2 Å². The largest absolute Gasteiger partial charge is 0.408 e. The maximum atomic E-state index is 13.4. The molecule has 2 heterocycles. The molecule has 2 N–H and O–H groups in total. The van der Waals surface area contributed by atoms with Crippen LogP contribution in [0.4, 0.5) is 18.0 Å². The molecule has 5 nitrogen and oxygen atoms in total. The number of piperidine rings is 1. The van der Waals surface area contributed by atoms with Crippen LogP contribution in [0.3, 0.4) is 0 Å². The lowest BCUT2D eigenvalue weighted by Gasteiger charge is -2.35. The van der Waals surface area contributed by atoms with Gasteiger partial charge in [-0.15, -0.1) is 0 Å². The molecule has 3 rings (SSSR count). The van der Waals surface area contributed by atoms with Crippen molar-refractivity contribution in [3.05, 3.63) is 18.0 Å². The third kappa shape index (κ3) is 3.84. The van der Waals surface area contributed by atoms with Crippen LogP contribution in [-0.2, 0) is 0 Å². The molecule has 134 valence electrons. The number of rotatable bonds is 3. The summed E-state index contributed by atoms with van der Waals surface area (Å²) in [4.78, 5) is 13.9. The summed E-state index contributed by atoms with van der Waals surface area (Å²) in [6.07, 6.45) is 1.59. The average molecular weight is 344 g/mol. The molecule has 24 heavy (non-hydrogen) atoms. The van der Waals surface area contributed by atoms with E-state index in [4.69, 9.17) is 0 Å². The van der Waals surface area contributed by atoms with Gasteiger partial charge in [-0.05, 0) is 37.7 Å². The Morgan fingerprint density at radius 3 is 2.67 bits per heavy atom. The fraction of sp³-hybridized carbons (Fsp3) is 0.750. The van der Waals surface area contributed by atoms with E-state index >= 15 is 0 Å². The van der Waals surface area contributed by atoms with Crippen LogP contribution in [0, 0.1) is 5.92 Å². The Bertz CT molecular complexity index is 540. The van der Waals surface area contributed by atoms with Crippen molar-refractivity contribution in [3.63, 3.8) is 0 Å². The van der Waals surface area contributed by atoms with Crippen LogP contribution in [0.2, 0.25) is 0 Å². The van der Waals surface area contributed by atoms with Crippen molar-refractivity contribution >= 4 is 6.03 Å². The normalized spacial score (nSPS) is 24.1. The zero-order valence-electron chi connectivity index (χ0n) is 13.5. The second-order valence-corrected chi connectivity index (χ2v) is 6.81. The molecule has 1 saturated heterocycles. The van der Waals surface area contributed by atoms with Gasteiger partial charge in [0.25, 0.3) is 0 Å². The van der Waals surface area contributed by atoms with Crippen LogP contribution in [0.15, 0.2) is 12.3 Å². The van der Waals surface area contributed by atoms with E-state index in [1.807, 2.05) is 6.07 Å². The minimum Gasteiger partial charge on any atom is -0.326 e. The maximum Gasteiger partial charge on any atom is 0.408 e. The minimum absolute atomic E-state index is 0.0998. The van der Waals surface area contributed by atoms with E-state index in [1.165, 1.54) is 4.90 Å². The van der Waals surface area contributed by atoms with Gasteiger partial charge in [0, 0.05) is 30.9 Å². The number of aromatic amines is 1. The number of amides is 2. The standard InChI is InChI=1S/C16H23F3N4O/c17-16(18,19)14(11-4-1-2-5-11)21-15(24)23-9-3-6-12(10-23)13-7-8-20-22-13/h7-8,11-12,14H,1-6,9-10H2,(H,20,22)(H,21,24)/t12-,14+/m1/s1. The van der Waals surface area contributed by atoms with Crippen LogP contribution in [0.25, 0.3) is 0 Å². The fourth-order valence-corrected chi connectivity index (χ4v) is 3.89. The summed E-state index contributed by atoms with van der Waals surface area (Å²) in [5.41, 5.74) is 0.927. The molecule has 2 fully saturated rings. The number of nitrogens with one attached hydrogen (secondary N) is 2. The van der Waals surface area contributed by atoms with Crippen molar-refractivity contribution in [1.82, 2.24) is 20.4 Å². The van der Waals surface area contributed by atoms with Crippen LogP contribution < -0.4 is 5.32 Å². The van der Waals surface area contributed by atoms with Gasteiger partial charge in [0.2, 0.25) is 0 Å². The quantitative estimate of drug-likeness (QED) is 0.883. The smallest absolute Gasteiger partial charge is 0.326 e. The minimum atomic E-state index is -4.40. The molecular weight excluding hydrogens is 321 g/mol. The van der Waals surface area contributed by atoms with Gasteiger partial charge in [-0.25, -0.2) is 4.79 Å². The first-order valence-electron chi connectivity index (χ1n) is 8.56. The molecule has 2 amide bonds. The summed E-state index contributed by atoms with van der Waals surface area (Å²) in [6, 6.07) is -0.489. The van der Waals surface area contributed by atoms with E-state index in [-0.39, 0.29) is 5.92 Å². The number of hydrogen-bond acceptors (Lipinski definition) is 2. The van der Waals surface area contributed by atoms with Crippen LogP contribution >= 0.6 is 0 Å². The molecule has 0 bridgehead atoms. The number of alkyl halides is 3. The lowest BCUT2D eigenvalue weighted by Crippen LogP contribution is -2.55. The number of likely N-dealkylation sites (tertiary alicyclic amines) is 1. The first kappa shape index (κ1) is 17.1. The van der Waals surface area contributed by atoms with Crippen LogP contribution in [0.1, 0.15) is 50.1 Å². The summed E-state index contributed by atoms with van der Waals surface area (Å²) >= 11 is 0. The Kier molecular flexibility index (Phi) is 5.01. The molecule has 8 heteroatoms. The number of urea groups is 1. The summed E-state index contributed by atoms with van der Waals surface area (Å²) in [7, 11) is 0. The highest BCUT2D eigenvalue weighted by atomic mass is 19.4. The zero-order valence-corrected chi connectivity index (χ0v) is 13.5. The third-order valence-corrected chi connectivity index (χ3v) is 5.17. The van der Waals surface area contributed by atoms with E-state index < -0.39 is 24.2 Å². The zero-order chi connectivity index (χ0) is 17.2. The summed E-state index contributed by atoms with van der Waals surface area (Å²) in [5.74, 6) is -0.398. The Labute approximate surface area is 139 Å². The second-order valence-electron chi connectivity index (χ2n) is 6.81. The molecule has 1 aromatic heterocycles. The van der Waals surface area contributed by atoms with Crippen molar-refractivity contribution in [2.45, 2.75) is 56.7 Å². The summed E-state index contributed by atoms with van der Waals surface area (Å²) in [5, 5.41) is 9.07. The number of hydrogen-bond donors (Lipinski definition) is 2. The SMILES string of the molecule is O=C(N[C@@H](C1CCCC1)C(F)(F)F)N1CCC[C@@H](c2ccn[nH]2)C1. The maximum absolute atomic E-state index is 13.4. The number of carbonyl (C=O) groups is 1. The Balaban J connectivity index is 1.64. The van der Waals surface area contributed by atoms with Crippen LogP contribution in [-0.4, -0.2) is 46.4 Å². The molecule has 0 radical (unpaired) electrons. The van der Waals surface area contributed by atoms with E-state index in [1.54, 1.807) is 6.20 Å². The summed E-state index contributed by atoms with van der Waals surface area (Å²) < 4.78 is 40.1. The van der Waals surface area contributed by atoms with Crippen molar-refractivity contribution in [1.29, 1.82) is 0 Å². The average Bonchev–Trinajstić information content (AvgIpc) is 3.24.